The summed E-state index contributed by atoms with van der Waals surface area (Å²) in [6, 6.07) is 0.346. The van der Waals surface area contributed by atoms with Crippen molar-refractivity contribution in [2.75, 3.05) is 19.4 Å². The summed E-state index contributed by atoms with van der Waals surface area (Å²) in [6.07, 6.45) is 3.97. The number of ether oxygens (including phenoxy) is 2. The van der Waals surface area contributed by atoms with Crippen LogP contribution in [0.5, 0.6) is 0 Å². The molecule has 2 rings (SSSR count). The number of hydrogen-bond acceptors (Lipinski definition) is 8. The van der Waals surface area contributed by atoms with E-state index in [9.17, 15) is 24.0 Å². The molecule has 0 radical (unpaired) electrons. The number of nitrogens with one attached hydrogen (secondary N) is 4. The molecule has 2 aliphatic rings. The maximum absolute atomic E-state index is 12.0. The summed E-state index contributed by atoms with van der Waals surface area (Å²) in [4.78, 5) is 57.8. The Morgan fingerprint density at radius 2 is 1.79 bits per heavy atom. The Labute approximate surface area is 197 Å². The van der Waals surface area contributed by atoms with Gasteiger partial charge in [0.25, 0.3) is 6.23 Å². The van der Waals surface area contributed by atoms with Gasteiger partial charge in [-0.1, -0.05) is 12.8 Å². The van der Waals surface area contributed by atoms with Gasteiger partial charge < -0.3 is 30.7 Å². The number of carbonyl (C=O) groups excluding carboxylic acids is 5. The standard InChI is InChI=1S/C21H34N4O7S/c1-13(26)32-19(20(29)31-2)24-17(28)10-4-3-7-11-22-16(27)9-6-5-8-15-18-14(12-33-15)23-21(30)25-18/h14-15,18-19H,3-12H2,1-2H3,(H,22,27)(H,24,28)(H2,23,25,30). The Hall–Kier alpha value is -2.50. The maximum Gasteiger partial charge on any atom is 0.368 e. The number of hydrogen-bond donors (Lipinski definition) is 4. The summed E-state index contributed by atoms with van der Waals surface area (Å²) in [5, 5.41) is 11.5. The molecule has 0 aromatic rings. The van der Waals surface area contributed by atoms with Crippen molar-refractivity contribution in [2.24, 2.45) is 0 Å². The molecule has 186 valence electrons. The van der Waals surface area contributed by atoms with E-state index in [2.05, 4.69) is 26.0 Å². The Morgan fingerprint density at radius 1 is 1.06 bits per heavy atom. The van der Waals surface area contributed by atoms with E-state index in [1.807, 2.05) is 11.8 Å². The quantitative estimate of drug-likeness (QED) is 0.120. The third-order valence-electron chi connectivity index (χ3n) is 5.47. The molecule has 4 unspecified atom stereocenters. The minimum atomic E-state index is -1.44. The molecular weight excluding hydrogens is 452 g/mol. The van der Waals surface area contributed by atoms with Crippen molar-refractivity contribution in [3.05, 3.63) is 0 Å². The predicted molar refractivity (Wildman–Crippen MR) is 121 cm³/mol. The van der Waals surface area contributed by atoms with E-state index in [1.165, 1.54) is 0 Å². The summed E-state index contributed by atoms with van der Waals surface area (Å²) in [5.74, 6) is -1.02. The molecule has 0 aliphatic carbocycles. The number of esters is 2. The number of thioether (sulfide) groups is 1. The third kappa shape index (κ3) is 9.48. The van der Waals surface area contributed by atoms with E-state index in [4.69, 9.17) is 4.74 Å². The number of urea groups is 1. The van der Waals surface area contributed by atoms with Crippen LogP contribution in [-0.2, 0) is 28.7 Å². The number of methoxy groups -OCH3 is 1. The minimum Gasteiger partial charge on any atom is -0.465 e. The van der Waals surface area contributed by atoms with E-state index >= 15 is 0 Å². The Morgan fingerprint density at radius 3 is 2.52 bits per heavy atom. The number of rotatable bonds is 14. The van der Waals surface area contributed by atoms with Gasteiger partial charge in [-0.2, -0.15) is 11.8 Å². The van der Waals surface area contributed by atoms with E-state index in [1.54, 1.807) is 0 Å². The van der Waals surface area contributed by atoms with E-state index < -0.39 is 24.1 Å². The first-order chi connectivity index (χ1) is 15.8. The minimum absolute atomic E-state index is 0.0165. The summed E-state index contributed by atoms with van der Waals surface area (Å²) >= 11 is 1.88. The van der Waals surface area contributed by atoms with Crippen molar-refractivity contribution in [3.63, 3.8) is 0 Å². The van der Waals surface area contributed by atoms with Gasteiger partial charge in [0, 0.05) is 37.3 Å². The molecule has 4 amide bonds. The van der Waals surface area contributed by atoms with Crippen LogP contribution in [0.1, 0.15) is 58.3 Å². The summed E-state index contributed by atoms with van der Waals surface area (Å²) in [7, 11) is 1.14. The summed E-state index contributed by atoms with van der Waals surface area (Å²) in [5.41, 5.74) is 0. The first kappa shape index (κ1) is 26.7. The average Bonchev–Trinajstić information content (AvgIpc) is 3.31. The second-order valence-electron chi connectivity index (χ2n) is 8.11. The molecule has 11 nitrogen and oxygen atoms in total. The van der Waals surface area contributed by atoms with Gasteiger partial charge in [-0.05, 0) is 25.7 Å². The first-order valence-electron chi connectivity index (χ1n) is 11.3. The van der Waals surface area contributed by atoms with Crippen LogP contribution >= 0.6 is 11.8 Å². The van der Waals surface area contributed by atoms with Crippen LogP contribution in [0.3, 0.4) is 0 Å². The van der Waals surface area contributed by atoms with Crippen molar-refractivity contribution in [1.82, 2.24) is 21.3 Å². The van der Waals surface area contributed by atoms with Gasteiger partial charge in [0.15, 0.2) is 0 Å². The van der Waals surface area contributed by atoms with Crippen LogP contribution in [0.4, 0.5) is 4.79 Å². The van der Waals surface area contributed by atoms with Gasteiger partial charge in [-0.25, -0.2) is 9.59 Å². The number of carbonyl (C=O) groups is 5. The molecule has 2 aliphatic heterocycles. The van der Waals surface area contributed by atoms with Crippen molar-refractivity contribution in [3.8, 4) is 0 Å². The highest BCUT2D eigenvalue weighted by Crippen LogP contribution is 2.33. The smallest absolute Gasteiger partial charge is 0.368 e. The Bertz CT molecular complexity index is 721. The Kier molecular flexibility index (Phi) is 11.3. The molecule has 2 saturated heterocycles. The normalized spacial score (nSPS) is 21.9. The number of amides is 4. The van der Waals surface area contributed by atoms with Crippen LogP contribution in [0.2, 0.25) is 0 Å². The molecule has 0 bridgehead atoms. The number of fused-ring (bicyclic) bond motifs is 1. The monoisotopic (exact) mass is 486 g/mol. The zero-order valence-electron chi connectivity index (χ0n) is 19.1. The van der Waals surface area contributed by atoms with Crippen LogP contribution in [0.25, 0.3) is 0 Å². The molecule has 0 spiro atoms. The molecule has 33 heavy (non-hydrogen) atoms. The van der Waals surface area contributed by atoms with E-state index in [0.717, 1.165) is 51.9 Å². The van der Waals surface area contributed by atoms with Gasteiger partial charge in [0.05, 0.1) is 19.2 Å². The molecule has 12 heteroatoms. The summed E-state index contributed by atoms with van der Waals surface area (Å²) in [6.45, 7) is 1.67. The molecule has 4 atom stereocenters. The molecule has 0 aromatic heterocycles. The zero-order valence-corrected chi connectivity index (χ0v) is 20.0. The molecule has 0 saturated carbocycles. The highest BCUT2D eigenvalue weighted by Gasteiger charge is 2.42. The average molecular weight is 487 g/mol. The molecular formula is C21H34N4O7S. The van der Waals surface area contributed by atoms with Crippen LogP contribution in [0.15, 0.2) is 0 Å². The SMILES string of the molecule is COC(=O)C(NC(=O)CCCCCNC(=O)CCCCC1SCC2NC(=O)NC21)OC(C)=O. The summed E-state index contributed by atoms with van der Waals surface area (Å²) < 4.78 is 9.21. The van der Waals surface area contributed by atoms with Gasteiger partial charge in [0.1, 0.15) is 0 Å². The molecule has 2 heterocycles. The largest absolute Gasteiger partial charge is 0.465 e. The van der Waals surface area contributed by atoms with Crippen molar-refractivity contribution in [1.29, 1.82) is 0 Å². The van der Waals surface area contributed by atoms with Gasteiger partial charge in [0.2, 0.25) is 11.8 Å². The second kappa shape index (κ2) is 13.9. The lowest BCUT2D eigenvalue weighted by molar-refractivity contribution is -0.168. The fraction of sp³-hybridized carbons (Fsp3) is 0.762. The van der Waals surface area contributed by atoms with Crippen LogP contribution in [-0.4, -0.2) is 72.8 Å². The fourth-order valence-electron chi connectivity index (χ4n) is 3.81. The lowest BCUT2D eigenvalue weighted by Crippen LogP contribution is -2.44. The molecule has 2 fully saturated rings. The van der Waals surface area contributed by atoms with Crippen LogP contribution < -0.4 is 21.3 Å². The number of unbranched alkanes of at least 4 members (excludes halogenated alkanes) is 3. The van der Waals surface area contributed by atoms with Crippen LogP contribution in [0, 0.1) is 0 Å². The maximum atomic E-state index is 12.0. The topological polar surface area (TPSA) is 152 Å². The first-order valence-corrected chi connectivity index (χ1v) is 12.3. The van der Waals surface area contributed by atoms with E-state index in [0.29, 0.717) is 24.6 Å². The lowest BCUT2D eigenvalue weighted by Gasteiger charge is -2.16. The van der Waals surface area contributed by atoms with Gasteiger partial charge in [-0.15, -0.1) is 0 Å². The Balaban J connectivity index is 1.46. The second-order valence-corrected chi connectivity index (χ2v) is 9.38. The fourth-order valence-corrected chi connectivity index (χ4v) is 5.35. The van der Waals surface area contributed by atoms with Crippen molar-refractivity contribution in [2.45, 2.75) is 81.9 Å². The highest BCUT2D eigenvalue weighted by atomic mass is 32.2. The van der Waals surface area contributed by atoms with Crippen molar-refractivity contribution >= 4 is 41.5 Å². The van der Waals surface area contributed by atoms with Gasteiger partial charge in [-0.3, -0.25) is 14.4 Å². The highest BCUT2D eigenvalue weighted by molar-refractivity contribution is 8.00. The predicted octanol–water partition coefficient (Wildman–Crippen LogP) is 0.567. The third-order valence-corrected chi connectivity index (χ3v) is 6.98. The van der Waals surface area contributed by atoms with Gasteiger partial charge >= 0.3 is 18.0 Å². The zero-order chi connectivity index (χ0) is 24.2. The lowest BCUT2D eigenvalue weighted by atomic mass is 10.0. The molecule has 0 aromatic carbocycles. The van der Waals surface area contributed by atoms with Crippen molar-refractivity contribution < 1.29 is 33.4 Å². The van der Waals surface area contributed by atoms with E-state index in [-0.39, 0.29) is 30.4 Å². The molecule has 4 N–H and O–H groups in total.